The molecule has 0 N–H and O–H groups in total. The van der Waals surface area contributed by atoms with Crippen molar-refractivity contribution in [3.63, 3.8) is 0 Å². The average Bonchev–Trinajstić information content (AvgIpc) is 3.40. The highest BCUT2D eigenvalue weighted by atomic mass is 32.2. The van der Waals surface area contributed by atoms with Gasteiger partial charge in [0.15, 0.2) is 0 Å². The highest BCUT2D eigenvalue weighted by molar-refractivity contribution is 7.89. The van der Waals surface area contributed by atoms with Gasteiger partial charge in [0, 0.05) is 19.5 Å². The maximum Gasteiger partial charge on any atom is 0.246 e. The first-order chi connectivity index (χ1) is 17.2. The Labute approximate surface area is 209 Å². The van der Waals surface area contributed by atoms with Crippen LogP contribution < -0.4 is 0 Å². The average molecular weight is 509 g/mol. The van der Waals surface area contributed by atoms with E-state index in [4.69, 9.17) is 5.26 Å². The summed E-state index contributed by atoms with van der Waals surface area (Å²) < 4.78 is 57.8. The molecule has 5 rings (SSSR count). The van der Waals surface area contributed by atoms with Crippen LogP contribution in [0.1, 0.15) is 37.4 Å². The summed E-state index contributed by atoms with van der Waals surface area (Å²) in [7, 11) is -4.11. The van der Waals surface area contributed by atoms with Crippen LogP contribution in [0.4, 0.5) is 8.78 Å². The van der Waals surface area contributed by atoms with Crippen molar-refractivity contribution >= 4 is 16.1 Å². The van der Waals surface area contributed by atoms with Gasteiger partial charge in [-0.25, -0.2) is 21.9 Å². The number of halogens is 2. The number of nitrogens with zero attached hydrogens (tertiary/aromatic N) is 4. The summed E-state index contributed by atoms with van der Waals surface area (Å²) in [6.07, 6.45) is 6.24. The van der Waals surface area contributed by atoms with Gasteiger partial charge in [-0.3, -0.25) is 0 Å². The summed E-state index contributed by atoms with van der Waals surface area (Å²) in [6.45, 7) is 2.35. The van der Waals surface area contributed by atoms with Gasteiger partial charge in [-0.05, 0) is 78.6 Å². The molecule has 0 spiro atoms. The van der Waals surface area contributed by atoms with Crippen LogP contribution in [0.15, 0.2) is 65.2 Å². The number of nitriles is 1. The minimum Gasteiger partial charge on any atom is -0.233 e. The van der Waals surface area contributed by atoms with Crippen LogP contribution in [0.2, 0.25) is 0 Å². The maximum absolute atomic E-state index is 14.4. The van der Waals surface area contributed by atoms with Gasteiger partial charge in [-0.2, -0.15) is 14.7 Å². The molecule has 0 radical (unpaired) electrons. The molecule has 3 aromatic rings. The monoisotopic (exact) mass is 508 g/mol. The van der Waals surface area contributed by atoms with Crippen molar-refractivity contribution in [1.29, 1.82) is 5.26 Å². The number of hydrogen-bond acceptors (Lipinski definition) is 4. The lowest BCUT2D eigenvalue weighted by atomic mass is 9.70. The van der Waals surface area contributed by atoms with Crippen molar-refractivity contribution in [2.24, 2.45) is 11.3 Å². The van der Waals surface area contributed by atoms with Crippen LogP contribution in [0.3, 0.4) is 0 Å². The topological polar surface area (TPSA) is 79.0 Å². The summed E-state index contributed by atoms with van der Waals surface area (Å²) in [4.78, 5) is -0.367. The molecule has 0 bridgehead atoms. The normalized spacial score (nSPS) is 21.1. The molecular weight excluding hydrogens is 482 g/mol. The molecule has 0 saturated heterocycles. The third-order valence-corrected chi connectivity index (χ3v) is 9.47. The minimum atomic E-state index is -4.11. The molecule has 0 unspecified atom stereocenters. The second kappa shape index (κ2) is 9.26. The van der Waals surface area contributed by atoms with E-state index in [1.807, 2.05) is 12.3 Å². The van der Waals surface area contributed by atoms with Crippen LogP contribution in [0, 0.1) is 34.3 Å². The SMILES string of the molecule is C[C@]12Cc3cnn(-c4ccc(F)cc4)c3C=C1CC[C@@H]2CN(CCC#N)S(=O)(=O)c1ccccc1F. The molecule has 9 heteroatoms. The summed E-state index contributed by atoms with van der Waals surface area (Å²) in [6, 6.07) is 13.5. The lowest BCUT2D eigenvalue weighted by Gasteiger charge is -2.38. The molecule has 6 nitrogen and oxygen atoms in total. The van der Waals surface area contributed by atoms with Crippen LogP contribution in [-0.2, 0) is 16.4 Å². The van der Waals surface area contributed by atoms with Gasteiger partial charge in [-0.15, -0.1) is 0 Å². The quantitative estimate of drug-likeness (QED) is 0.444. The molecule has 2 aromatic carbocycles. The summed E-state index contributed by atoms with van der Waals surface area (Å²) in [5.41, 5.74) is 3.69. The summed E-state index contributed by atoms with van der Waals surface area (Å²) in [5, 5.41) is 13.7. The second-order valence-electron chi connectivity index (χ2n) is 9.64. The van der Waals surface area contributed by atoms with E-state index in [9.17, 15) is 17.2 Å². The first-order valence-corrected chi connectivity index (χ1v) is 13.3. The molecule has 1 aromatic heterocycles. The van der Waals surface area contributed by atoms with E-state index >= 15 is 0 Å². The van der Waals surface area contributed by atoms with E-state index in [-0.39, 0.29) is 41.6 Å². The molecule has 2 aliphatic rings. The Hall–Kier alpha value is -3.35. The zero-order valence-corrected chi connectivity index (χ0v) is 20.7. The lowest BCUT2D eigenvalue weighted by Crippen LogP contribution is -2.41. The predicted molar refractivity (Wildman–Crippen MR) is 131 cm³/mol. The Bertz CT molecular complexity index is 1470. The first-order valence-electron chi connectivity index (χ1n) is 11.9. The maximum atomic E-state index is 14.4. The lowest BCUT2D eigenvalue weighted by molar-refractivity contribution is 0.222. The minimum absolute atomic E-state index is 0.00649. The Morgan fingerprint density at radius 2 is 1.94 bits per heavy atom. The fraction of sp³-hybridized carbons (Fsp3) is 0.333. The van der Waals surface area contributed by atoms with Crippen molar-refractivity contribution in [2.75, 3.05) is 13.1 Å². The number of hydrogen-bond donors (Lipinski definition) is 0. The van der Waals surface area contributed by atoms with Gasteiger partial charge >= 0.3 is 0 Å². The molecule has 0 aliphatic heterocycles. The fourth-order valence-corrected chi connectivity index (χ4v) is 7.09. The fourth-order valence-electron chi connectivity index (χ4n) is 5.54. The smallest absolute Gasteiger partial charge is 0.233 e. The Kier molecular flexibility index (Phi) is 6.27. The van der Waals surface area contributed by atoms with E-state index in [1.165, 1.54) is 40.2 Å². The number of aromatic nitrogens is 2. The number of allylic oxidation sites excluding steroid dienone is 1. The second-order valence-corrected chi connectivity index (χ2v) is 11.6. The third-order valence-electron chi connectivity index (χ3n) is 7.57. The zero-order chi connectivity index (χ0) is 25.5. The molecule has 2 aliphatic carbocycles. The van der Waals surface area contributed by atoms with Crippen LogP contribution in [0.25, 0.3) is 11.8 Å². The van der Waals surface area contributed by atoms with E-state index < -0.39 is 15.8 Å². The van der Waals surface area contributed by atoms with Gasteiger partial charge in [0.1, 0.15) is 16.5 Å². The van der Waals surface area contributed by atoms with Gasteiger partial charge in [0.2, 0.25) is 10.0 Å². The number of rotatable bonds is 7. The molecule has 2 atom stereocenters. The number of sulfonamides is 1. The van der Waals surface area contributed by atoms with Crippen LogP contribution in [-0.4, -0.2) is 35.6 Å². The summed E-state index contributed by atoms with van der Waals surface area (Å²) >= 11 is 0. The van der Waals surface area contributed by atoms with Crippen molar-refractivity contribution in [2.45, 2.75) is 37.5 Å². The van der Waals surface area contributed by atoms with Crippen molar-refractivity contribution < 1.29 is 17.2 Å². The molecule has 186 valence electrons. The van der Waals surface area contributed by atoms with E-state index in [0.29, 0.717) is 6.42 Å². The Morgan fingerprint density at radius 1 is 1.19 bits per heavy atom. The third kappa shape index (κ3) is 4.14. The Balaban J connectivity index is 1.45. The molecule has 1 saturated carbocycles. The summed E-state index contributed by atoms with van der Waals surface area (Å²) in [5.74, 6) is -1.12. The molecule has 0 amide bonds. The first kappa shape index (κ1) is 24.3. The van der Waals surface area contributed by atoms with E-state index in [1.54, 1.807) is 16.8 Å². The highest BCUT2D eigenvalue weighted by Gasteiger charge is 2.47. The standard InChI is InChI=1S/C27H26F2N4O2S/c1-27-16-19-17-31-33(23-11-9-22(28)10-12-23)25(19)15-20(27)7-8-21(27)18-32(14-4-13-30)36(34,35)26-6-3-2-5-24(26)29/h2-3,5-6,9-12,15,17,21H,4,7-8,14,16,18H2,1H3/t21-,27+/m1/s1. The van der Waals surface area contributed by atoms with E-state index in [0.717, 1.165) is 35.9 Å². The van der Waals surface area contributed by atoms with Crippen molar-refractivity contribution in [1.82, 2.24) is 14.1 Å². The predicted octanol–water partition coefficient (Wildman–Crippen LogP) is 5.11. The zero-order valence-electron chi connectivity index (χ0n) is 19.9. The van der Waals surface area contributed by atoms with Gasteiger partial charge < -0.3 is 0 Å². The molecular formula is C27H26F2N4O2S. The van der Waals surface area contributed by atoms with E-state index in [2.05, 4.69) is 18.1 Å². The van der Waals surface area contributed by atoms with Gasteiger partial charge in [-0.1, -0.05) is 24.6 Å². The van der Waals surface area contributed by atoms with Crippen molar-refractivity contribution in [3.05, 3.63) is 83.2 Å². The molecule has 1 heterocycles. The molecule has 1 fully saturated rings. The highest BCUT2D eigenvalue weighted by Crippen LogP contribution is 2.53. The van der Waals surface area contributed by atoms with Gasteiger partial charge in [0.25, 0.3) is 0 Å². The largest absolute Gasteiger partial charge is 0.246 e. The molecule has 36 heavy (non-hydrogen) atoms. The van der Waals surface area contributed by atoms with Crippen molar-refractivity contribution in [3.8, 4) is 11.8 Å². The van der Waals surface area contributed by atoms with Gasteiger partial charge in [0.05, 0.1) is 23.6 Å². The van der Waals surface area contributed by atoms with Crippen LogP contribution in [0.5, 0.6) is 0 Å². The Morgan fingerprint density at radius 3 is 2.67 bits per heavy atom. The number of fused-ring (bicyclic) bond motifs is 2. The number of benzene rings is 2. The van der Waals surface area contributed by atoms with Crippen LogP contribution >= 0.6 is 0 Å².